The molecule has 0 fully saturated rings. The minimum absolute atomic E-state index is 0.164. The number of amides is 2. The molecular weight excluding hydrogens is 384 g/mol. The van der Waals surface area contributed by atoms with Crippen LogP contribution in [-0.4, -0.2) is 36.2 Å². The Kier molecular flexibility index (Phi) is 5.35. The van der Waals surface area contributed by atoms with Crippen molar-refractivity contribution in [2.24, 2.45) is 0 Å². The first-order valence-corrected chi connectivity index (χ1v) is 10.0. The van der Waals surface area contributed by atoms with Crippen LogP contribution in [0.2, 0.25) is 0 Å². The van der Waals surface area contributed by atoms with E-state index in [0.29, 0.717) is 34.9 Å². The van der Waals surface area contributed by atoms with Crippen LogP contribution in [0.15, 0.2) is 48.2 Å². The first-order chi connectivity index (χ1) is 14.5. The maximum Gasteiger partial charge on any atom is 0.278 e. The Morgan fingerprint density at radius 1 is 1.03 bits per heavy atom. The second kappa shape index (κ2) is 8.10. The third-order valence-corrected chi connectivity index (χ3v) is 4.89. The van der Waals surface area contributed by atoms with Gasteiger partial charge in [0.05, 0.1) is 12.2 Å². The zero-order chi connectivity index (χ0) is 21.3. The van der Waals surface area contributed by atoms with Gasteiger partial charge in [0.15, 0.2) is 11.5 Å². The molecule has 0 saturated heterocycles. The number of carbonyl (C=O) groups is 2. The first-order valence-electron chi connectivity index (χ1n) is 10.0. The summed E-state index contributed by atoms with van der Waals surface area (Å²) in [5.74, 6) is 1.30. The highest BCUT2D eigenvalue weighted by molar-refractivity contribution is 6.36. The fraction of sp³-hybridized carbons (Fsp3) is 0.304. The van der Waals surface area contributed by atoms with Gasteiger partial charge in [0, 0.05) is 17.8 Å². The topological polar surface area (TPSA) is 77.1 Å². The summed E-state index contributed by atoms with van der Waals surface area (Å²) in [4.78, 5) is 27.5. The molecule has 156 valence electrons. The number of imide groups is 1. The molecule has 0 atom stereocenters. The van der Waals surface area contributed by atoms with Crippen LogP contribution in [0.3, 0.4) is 0 Å². The summed E-state index contributed by atoms with van der Waals surface area (Å²) in [7, 11) is 0. The van der Waals surface area contributed by atoms with Crippen molar-refractivity contribution in [3.8, 4) is 17.2 Å². The van der Waals surface area contributed by atoms with Crippen LogP contribution in [0.5, 0.6) is 17.2 Å². The molecule has 2 aliphatic heterocycles. The Hall–Kier alpha value is -3.48. The first kappa shape index (κ1) is 19.8. The zero-order valence-corrected chi connectivity index (χ0v) is 17.2. The van der Waals surface area contributed by atoms with E-state index in [2.05, 4.69) is 5.32 Å². The van der Waals surface area contributed by atoms with Gasteiger partial charge in [-0.1, -0.05) is 19.1 Å². The second-order valence-corrected chi connectivity index (χ2v) is 7.39. The van der Waals surface area contributed by atoms with Crippen molar-refractivity contribution in [3.05, 3.63) is 53.7 Å². The molecule has 7 nitrogen and oxygen atoms in total. The average Bonchev–Trinajstić information content (AvgIpc) is 3.29. The Morgan fingerprint density at radius 2 is 1.77 bits per heavy atom. The summed E-state index contributed by atoms with van der Waals surface area (Å²) in [5.41, 5.74) is 1.88. The fourth-order valence-electron chi connectivity index (χ4n) is 3.46. The molecule has 2 amide bonds. The number of fused-ring (bicyclic) bond motifs is 1. The maximum atomic E-state index is 13.1. The minimum atomic E-state index is -0.353. The van der Waals surface area contributed by atoms with E-state index >= 15 is 0 Å². The summed E-state index contributed by atoms with van der Waals surface area (Å²) >= 11 is 0. The molecule has 0 bridgehead atoms. The van der Waals surface area contributed by atoms with Crippen LogP contribution in [0, 0.1) is 0 Å². The van der Waals surface area contributed by atoms with Gasteiger partial charge >= 0.3 is 0 Å². The lowest BCUT2D eigenvalue weighted by Gasteiger charge is -2.19. The van der Waals surface area contributed by atoms with Crippen molar-refractivity contribution in [2.75, 3.05) is 18.7 Å². The van der Waals surface area contributed by atoms with Crippen molar-refractivity contribution in [1.29, 1.82) is 0 Å². The van der Waals surface area contributed by atoms with Crippen LogP contribution in [0.1, 0.15) is 32.8 Å². The standard InChI is InChI=1S/C23H24N2O5/c1-4-11-28-17-8-5-15(6-9-17)20-21(23(27)25(14(2)3)22(20)26)24-16-7-10-18-19(12-16)30-13-29-18/h5-10,12,14,24H,4,11,13H2,1-3H3. The Morgan fingerprint density at radius 3 is 2.47 bits per heavy atom. The molecule has 2 aromatic rings. The van der Waals surface area contributed by atoms with Gasteiger partial charge in [-0.15, -0.1) is 0 Å². The summed E-state index contributed by atoms with van der Waals surface area (Å²) in [6, 6.07) is 12.3. The van der Waals surface area contributed by atoms with E-state index in [1.807, 2.05) is 32.9 Å². The van der Waals surface area contributed by atoms with E-state index in [0.717, 1.165) is 12.2 Å². The lowest BCUT2D eigenvalue weighted by molar-refractivity contribution is -0.138. The molecule has 30 heavy (non-hydrogen) atoms. The van der Waals surface area contributed by atoms with Crippen LogP contribution in [0.25, 0.3) is 5.57 Å². The maximum absolute atomic E-state index is 13.1. The van der Waals surface area contributed by atoms with E-state index in [1.165, 1.54) is 4.90 Å². The highest BCUT2D eigenvalue weighted by atomic mass is 16.7. The molecule has 0 spiro atoms. The zero-order valence-electron chi connectivity index (χ0n) is 17.2. The van der Waals surface area contributed by atoms with Crippen molar-refractivity contribution in [1.82, 2.24) is 4.90 Å². The molecule has 2 aromatic carbocycles. The van der Waals surface area contributed by atoms with Crippen molar-refractivity contribution >= 4 is 23.1 Å². The van der Waals surface area contributed by atoms with E-state index < -0.39 is 0 Å². The smallest absolute Gasteiger partial charge is 0.278 e. The molecule has 0 saturated carbocycles. The van der Waals surface area contributed by atoms with Gasteiger partial charge in [0.1, 0.15) is 11.4 Å². The molecule has 0 aromatic heterocycles. The quantitative estimate of drug-likeness (QED) is 0.702. The lowest BCUT2D eigenvalue weighted by Crippen LogP contribution is -2.38. The second-order valence-electron chi connectivity index (χ2n) is 7.39. The van der Waals surface area contributed by atoms with E-state index in [9.17, 15) is 9.59 Å². The lowest BCUT2D eigenvalue weighted by atomic mass is 10.0. The van der Waals surface area contributed by atoms with Crippen LogP contribution >= 0.6 is 0 Å². The van der Waals surface area contributed by atoms with Gasteiger partial charge in [0.2, 0.25) is 6.79 Å². The van der Waals surface area contributed by atoms with E-state index in [4.69, 9.17) is 14.2 Å². The van der Waals surface area contributed by atoms with E-state index in [1.54, 1.807) is 30.3 Å². The van der Waals surface area contributed by atoms with Crippen molar-refractivity contribution in [3.63, 3.8) is 0 Å². The van der Waals surface area contributed by atoms with Crippen molar-refractivity contribution < 1.29 is 23.8 Å². The molecule has 0 unspecified atom stereocenters. The Bertz CT molecular complexity index is 1010. The summed E-state index contributed by atoms with van der Waals surface area (Å²) in [5, 5.41) is 3.13. The molecule has 1 N–H and O–H groups in total. The van der Waals surface area contributed by atoms with Gasteiger partial charge in [-0.05, 0) is 50.1 Å². The van der Waals surface area contributed by atoms with Gasteiger partial charge in [0.25, 0.3) is 11.8 Å². The summed E-state index contributed by atoms with van der Waals surface area (Å²) < 4.78 is 16.4. The molecule has 2 heterocycles. The van der Waals surface area contributed by atoms with E-state index in [-0.39, 0.29) is 30.3 Å². The van der Waals surface area contributed by atoms with Crippen molar-refractivity contribution in [2.45, 2.75) is 33.2 Å². The molecule has 7 heteroatoms. The number of rotatable bonds is 7. The van der Waals surface area contributed by atoms with Crippen LogP contribution < -0.4 is 19.5 Å². The minimum Gasteiger partial charge on any atom is -0.494 e. The molecule has 0 aliphatic carbocycles. The average molecular weight is 408 g/mol. The monoisotopic (exact) mass is 408 g/mol. The highest BCUT2D eigenvalue weighted by Crippen LogP contribution is 2.37. The molecule has 2 aliphatic rings. The van der Waals surface area contributed by atoms with Gasteiger partial charge in [-0.3, -0.25) is 14.5 Å². The van der Waals surface area contributed by atoms with Crippen LogP contribution in [0.4, 0.5) is 5.69 Å². The number of nitrogens with zero attached hydrogens (tertiary/aromatic N) is 1. The summed E-state index contributed by atoms with van der Waals surface area (Å²) in [6.07, 6.45) is 0.910. The summed E-state index contributed by atoms with van der Waals surface area (Å²) in [6.45, 7) is 6.46. The molecule has 4 rings (SSSR count). The largest absolute Gasteiger partial charge is 0.494 e. The number of hydrogen-bond donors (Lipinski definition) is 1. The van der Waals surface area contributed by atoms with Gasteiger partial charge < -0.3 is 19.5 Å². The highest BCUT2D eigenvalue weighted by Gasteiger charge is 2.40. The number of ether oxygens (including phenoxy) is 3. The SMILES string of the molecule is CCCOc1ccc(C2=C(Nc3ccc4c(c3)OCO4)C(=O)N(C(C)C)C2=O)cc1. The number of anilines is 1. The fourth-order valence-corrected chi connectivity index (χ4v) is 3.46. The number of carbonyl (C=O) groups excluding carboxylic acids is 2. The predicted molar refractivity (Wildman–Crippen MR) is 112 cm³/mol. The third kappa shape index (κ3) is 3.58. The predicted octanol–water partition coefficient (Wildman–Crippen LogP) is 3.80. The molecular formula is C23H24N2O5. The number of benzene rings is 2. The van der Waals surface area contributed by atoms with Gasteiger partial charge in [-0.25, -0.2) is 0 Å². The third-order valence-electron chi connectivity index (χ3n) is 4.89. The van der Waals surface area contributed by atoms with Gasteiger partial charge in [-0.2, -0.15) is 0 Å². The number of hydrogen-bond acceptors (Lipinski definition) is 6. The van der Waals surface area contributed by atoms with Crippen LogP contribution in [-0.2, 0) is 9.59 Å². The number of nitrogens with one attached hydrogen (secondary N) is 1. The Balaban J connectivity index is 1.71. The normalized spacial score (nSPS) is 15.4. The molecule has 0 radical (unpaired) electrons. The Labute approximate surface area is 175 Å².